The Morgan fingerprint density at radius 2 is 1.72 bits per heavy atom. The van der Waals surface area contributed by atoms with Gasteiger partial charge in [0.05, 0.1) is 4.88 Å². The number of carbonyl (C=O) groups is 4. The summed E-state index contributed by atoms with van der Waals surface area (Å²) in [5.74, 6) is -2.42. The van der Waals surface area contributed by atoms with Crippen LogP contribution in [0.3, 0.4) is 0 Å². The van der Waals surface area contributed by atoms with E-state index >= 15 is 0 Å². The maximum absolute atomic E-state index is 12.3. The minimum absolute atomic E-state index is 0.0553. The molecule has 1 aromatic heterocycles. The Labute approximate surface area is 172 Å². The highest BCUT2D eigenvalue weighted by atomic mass is 32.1. The number of benzene rings is 1. The van der Waals surface area contributed by atoms with Crippen LogP contribution in [0, 0.1) is 5.92 Å². The van der Waals surface area contributed by atoms with Crippen molar-refractivity contribution >= 4 is 35.2 Å². The smallest absolute Gasteiger partial charge is 0.408 e. The zero-order valence-electron chi connectivity index (χ0n) is 16.0. The van der Waals surface area contributed by atoms with Crippen LogP contribution in [0.4, 0.5) is 4.79 Å². The van der Waals surface area contributed by atoms with Crippen LogP contribution in [0.15, 0.2) is 47.8 Å². The van der Waals surface area contributed by atoms with E-state index in [1.807, 2.05) is 18.2 Å². The third-order valence-electron chi connectivity index (χ3n) is 3.75. The molecule has 1 heterocycles. The van der Waals surface area contributed by atoms with Crippen molar-refractivity contribution in [2.75, 3.05) is 6.61 Å². The molecule has 154 valence electrons. The molecule has 8 nitrogen and oxygen atoms in total. The number of nitrogens with one attached hydrogen (secondary N) is 2. The molecule has 0 fully saturated rings. The summed E-state index contributed by atoms with van der Waals surface area (Å²) >= 11 is 1.18. The van der Waals surface area contributed by atoms with Gasteiger partial charge in [-0.1, -0.05) is 50.2 Å². The standard InChI is InChI=1S/C20H22N2O6S/c1-13(2)17(22-20(26)28-11-14-7-4-3-5-8-14)19(25)27-12-16(23)21-18(24)15-9-6-10-29-15/h3-10,13,17H,11-12H2,1-2H3,(H,22,26)(H,21,23,24)/t17-/m0/s1. The van der Waals surface area contributed by atoms with E-state index in [9.17, 15) is 19.2 Å². The molecule has 2 aromatic rings. The van der Waals surface area contributed by atoms with Gasteiger partial charge in [0.25, 0.3) is 11.8 Å². The number of ether oxygens (including phenoxy) is 2. The zero-order chi connectivity index (χ0) is 21.2. The van der Waals surface area contributed by atoms with Crippen LogP contribution in [-0.2, 0) is 25.7 Å². The van der Waals surface area contributed by atoms with Crippen molar-refractivity contribution in [1.29, 1.82) is 0 Å². The SMILES string of the molecule is CC(C)[C@H](NC(=O)OCc1ccccc1)C(=O)OCC(=O)NC(=O)c1cccs1. The molecule has 0 saturated heterocycles. The number of hydrogen-bond acceptors (Lipinski definition) is 7. The van der Waals surface area contributed by atoms with Crippen LogP contribution in [0.5, 0.6) is 0 Å². The Bertz CT molecular complexity index is 836. The van der Waals surface area contributed by atoms with Gasteiger partial charge >= 0.3 is 12.1 Å². The first kappa shape index (κ1) is 22.1. The summed E-state index contributed by atoms with van der Waals surface area (Å²) in [7, 11) is 0. The summed E-state index contributed by atoms with van der Waals surface area (Å²) in [5, 5.41) is 6.27. The first-order valence-electron chi connectivity index (χ1n) is 8.88. The van der Waals surface area contributed by atoms with Crippen LogP contribution >= 0.6 is 11.3 Å². The van der Waals surface area contributed by atoms with E-state index in [4.69, 9.17) is 9.47 Å². The van der Waals surface area contributed by atoms with Crippen LogP contribution in [0.25, 0.3) is 0 Å². The lowest BCUT2D eigenvalue weighted by Crippen LogP contribution is -2.46. The molecule has 1 atom stereocenters. The largest absolute Gasteiger partial charge is 0.454 e. The molecule has 29 heavy (non-hydrogen) atoms. The second-order valence-electron chi connectivity index (χ2n) is 6.39. The van der Waals surface area contributed by atoms with E-state index in [1.54, 1.807) is 43.5 Å². The van der Waals surface area contributed by atoms with Crippen LogP contribution < -0.4 is 10.6 Å². The van der Waals surface area contributed by atoms with Gasteiger partial charge in [-0.2, -0.15) is 0 Å². The molecule has 0 saturated carbocycles. The van der Waals surface area contributed by atoms with Crippen molar-refractivity contribution in [1.82, 2.24) is 10.6 Å². The lowest BCUT2D eigenvalue weighted by atomic mass is 10.1. The Hall–Kier alpha value is -3.20. The van der Waals surface area contributed by atoms with Crippen LogP contribution in [0.2, 0.25) is 0 Å². The highest BCUT2D eigenvalue weighted by molar-refractivity contribution is 7.12. The van der Waals surface area contributed by atoms with Crippen molar-refractivity contribution in [2.45, 2.75) is 26.5 Å². The van der Waals surface area contributed by atoms with Gasteiger partial charge in [0, 0.05) is 0 Å². The summed E-state index contributed by atoms with van der Waals surface area (Å²) in [4.78, 5) is 48.2. The van der Waals surface area contributed by atoms with Gasteiger partial charge < -0.3 is 14.8 Å². The minimum atomic E-state index is -1.00. The van der Waals surface area contributed by atoms with Gasteiger partial charge in [0.15, 0.2) is 6.61 Å². The van der Waals surface area contributed by atoms with Gasteiger partial charge in [0.2, 0.25) is 0 Å². The molecule has 0 spiro atoms. The van der Waals surface area contributed by atoms with Crippen molar-refractivity contribution in [3.8, 4) is 0 Å². The first-order valence-corrected chi connectivity index (χ1v) is 9.76. The van der Waals surface area contributed by atoms with E-state index < -0.39 is 36.5 Å². The van der Waals surface area contributed by atoms with Gasteiger partial charge in [-0.05, 0) is 22.9 Å². The van der Waals surface area contributed by atoms with Crippen LogP contribution in [0.1, 0.15) is 29.1 Å². The minimum Gasteiger partial charge on any atom is -0.454 e. The van der Waals surface area contributed by atoms with Crippen molar-refractivity contribution < 1.29 is 28.7 Å². The summed E-state index contributed by atoms with van der Waals surface area (Å²) in [6.45, 7) is 2.84. The molecular weight excluding hydrogens is 396 g/mol. The van der Waals surface area contributed by atoms with E-state index in [0.29, 0.717) is 4.88 Å². The third kappa shape index (κ3) is 7.38. The third-order valence-corrected chi connectivity index (χ3v) is 4.62. The van der Waals surface area contributed by atoms with E-state index in [0.717, 1.165) is 5.56 Å². The fourth-order valence-corrected chi connectivity index (χ4v) is 2.87. The normalized spacial score (nSPS) is 11.4. The summed E-state index contributed by atoms with van der Waals surface area (Å²) in [6.07, 6.45) is -0.776. The van der Waals surface area contributed by atoms with Crippen molar-refractivity contribution in [3.05, 3.63) is 58.3 Å². The molecule has 0 unspecified atom stereocenters. The number of carbonyl (C=O) groups excluding carboxylic acids is 4. The highest BCUT2D eigenvalue weighted by Crippen LogP contribution is 2.08. The number of amides is 3. The van der Waals surface area contributed by atoms with E-state index in [2.05, 4.69) is 10.6 Å². The number of imide groups is 1. The topological polar surface area (TPSA) is 111 Å². The molecule has 3 amide bonds. The molecule has 0 aliphatic heterocycles. The van der Waals surface area contributed by atoms with Crippen molar-refractivity contribution in [2.24, 2.45) is 5.92 Å². The maximum atomic E-state index is 12.3. The number of hydrogen-bond donors (Lipinski definition) is 2. The quantitative estimate of drug-likeness (QED) is 0.637. The molecule has 0 aliphatic rings. The monoisotopic (exact) mass is 418 g/mol. The van der Waals surface area contributed by atoms with Crippen LogP contribution in [-0.4, -0.2) is 36.5 Å². The number of alkyl carbamates (subject to hydrolysis) is 1. The average Bonchev–Trinajstić information content (AvgIpc) is 3.24. The zero-order valence-corrected chi connectivity index (χ0v) is 16.9. The van der Waals surface area contributed by atoms with E-state index in [1.165, 1.54) is 11.3 Å². The van der Waals surface area contributed by atoms with Gasteiger partial charge in [-0.25, -0.2) is 9.59 Å². The molecule has 1 aromatic carbocycles. The highest BCUT2D eigenvalue weighted by Gasteiger charge is 2.27. The molecule has 9 heteroatoms. The lowest BCUT2D eigenvalue weighted by Gasteiger charge is -2.20. The second kappa shape index (κ2) is 11.0. The lowest BCUT2D eigenvalue weighted by molar-refractivity contribution is -0.151. The fourth-order valence-electron chi connectivity index (χ4n) is 2.25. The molecular formula is C20H22N2O6S. The number of thiophene rings is 1. The molecule has 2 rings (SSSR count). The predicted molar refractivity (Wildman–Crippen MR) is 106 cm³/mol. The first-order chi connectivity index (χ1) is 13.9. The Kier molecular flexibility index (Phi) is 8.35. The second-order valence-corrected chi connectivity index (χ2v) is 7.34. The molecule has 0 radical (unpaired) electrons. The molecule has 0 aliphatic carbocycles. The van der Waals surface area contributed by atoms with Gasteiger partial charge in [0.1, 0.15) is 12.6 Å². The summed E-state index contributed by atoms with van der Waals surface area (Å²) in [6, 6.07) is 11.3. The Morgan fingerprint density at radius 1 is 1.00 bits per heavy atom. The van der Waals surface area contributed by atoms with E-state index in [-0.39, 0.29) is 12.5 Å². The summed E-state index contributed by atoms with van der Waals surface area (Å²) < 4.78 is 10.0. The maximum Gasteiger partial charge on any atom is 0.408 e. The predicted octanol–water partition coefficient (Wildman–Crippen LogP) is 2.50. The van der Waals surface area contributed by atoms with Gasteiger partial charge in [-0.15, -0.1) is 11.3 Å². The molecule has 0 bridgehead atoms. The number of rotatable bonds is 8. The number of esters is 1. The summed E-state index contributed by atoms with van der Waals surface area (Å²) in [5.41, 5.74) is 0.804. The average molecular weight is 418 g/mol. The Balaban J connectivity index is 1.79. The Morgan fingerprint density at radius 3 is 2.34 bits per heavy atom. The van der Waals surface area contributed by atoms with Crippen molar-refractivity contribution in [3.63, 3.8) is 0 Å². The fraction of sp³-hybridized carbons (Fsp3) is 0.300. The molecule has 2 N–H and O–H groups in total. The van der Waals surface area contributed by atoms with Gasteiger partial charge in [-0.3, -0.25) is 14.9 Å².